The van der Waals surface area contributed by atoms with Crippen molar-refractivity contribution < 1.29 is 27.1 Å². The van der Waals surface area contributed by atoms with Crippen molar-refractivity contribution in [1.29, 1.82) is 0 Å². The third-order valence-electron chi connectivity index (χ3n) is 3.96. The first-order valence-electron chi connectivity index (χ1n) is 8.98. The Labute approximate surface area is 169 Å². The lowest BCUT2D eigenvalue weighted by molar-refractivity contribution is -0.143. The Bertz CT molecular complexity index is 1050. The number of benzene rings is 2. The molecule has 1 aromatic heterocycles. The zero-order chi connectivity index (χ0) is 21.9. The fraction of sp³-hybridized carbons (Fsp3) is 0.250. The van der Waals surface area contributed by atoms with Gasteiger partial charge in [-0.3, -0.25) is 4.79 Å². The molecule has 0 unspecified atom stereocenters. The summed E-state index contributed by atoms with van der Waals surface area (Å²) in [6.07, 6.45) is -5.04. The average Bonchev–Trinajstić information content (AvgIpc) is 3.12. The van der Waals surface area contributed by atoms with Crippen LogP contribution in [-0.2, 0) is 12.7 Å². The van der Waals surface area contributed by atoms with Gasteiger partial charge in [0.25, 0.3) is 5.91 Å². The van der Waals surface area contributed by atoms with Crippen LogP contribution in [0.15, 0.2) is 48.5 Å². The fourth-order valence-corrected chi connectivity index (χ4v) is 2.75. The minimum atomic E-state index is -4.98. The van der Waals surface area contributed by atoms with Crippen LogP contribution in [0.4, 0.5) is 17.6 Å². The van der Waals surface area contributed by atoms with Crippen molar-refractivity contribution >= 4 is 5.91 Å². The summed E-state index contributed by atoms with van der Waals surface area (Å²) in [6, 6.07) is 11.6. The number of alkyl halides is 3. The summed E-state index contributed by atoms with van der Waals surface area (Å²) in [6.45, 7) is 3.65. The second-order valence-electron chi connectivity index (χ2n) is 6.64. The van der Waals surface area contributed by atoms with E-state index < -0.39 is 35.0 Å². The summed E-state index contributed by atoms with van der Waals surface area (Å²) < 4.78 is 60.7. The number of para-hydroxylation sites is 1. The minimum Gasteiger partial charge on any atom is -0.491 e. The third kappa shape index (κ3) is 4.76. The first kappa shape index (κ1) is 21.3. The number of nitrogens with one attached hydrogen (secondary N) is 1. The number of aromatic nitrogens is 3. The number of rotatable bonds is 6. The van der Waals surface area contributed by atoms with Crippen molar-refractivity contribution in [1.82, 2.24) is 20.3 Å². The summed E-state index contributed by atoms with van der Waals surface area (Å²) in [5.74, 6) is -1.44. The standard InChI is InChI=1S/C20H18F4N4O2/c1-12(2)30-14-7-5-6-13(10-14)11-25-19(29)17-18(20(22,23)24)28(27-26-17)16-9-4-3-8-15(16)21/h3-10,12H,11H2,1-2H3,(H,25,29). The van der Waals surface area contributed by atoms with Gasteiger partial charge in [0, 0.05) is 6.54 Å². The van der Waals surface area contributed by atoms with Gasteiger partial charge in [0.15, 0.2) is 11.4 Å². The van der Waals surface area contributed by atoms with Crippen molar-refractivity contribution in [3.8, 4) is 11.4 Å². The molecule has 0 saturated heterocycles. The molecule has 3 rings (SSSR count). The predicted octanol–water partition coefficient (Wildman–Crippen LogP) is 4.14. The minimum absolute atomic E-state index is 0.0576. The van der Waals surface area contributed by atoms with Gasteiger partial charge in [0.1, 0.15) is 17.3 Å². The largest absolute Gasteiger partial charge is 0.491 e. The maximum atomic E-state index is 14.0. The Kier molecular flexibility index (Phi) is 6.04. The molecule has 1 heterocycles. The van der Waals surface area contributed by atoms with Crippen LogP contribution >= 0.6 is 0 Å². The van der Waals surface area contributed by atoms with Crippen LogP contribution < -0.4 is 10.1 Å². The topological polar surface area (TPSA) is 69.0 Å². The van der Waals surface area contributed by atoms with Crippen molar-refractivity contribution in [2.45, 2.75) is 32.7 Å². The maximum absolute atomic E-state index is 14.0. The van der Waals surface area contributed by atoms with Gasteiger partial charge >= 0.3 is 6.18 Å². The molecule has 158 valence electrons. The summed E-state index contributed by atoms with van der Waals surface area (Å²) in [7, 11) is 0. The second kappa shape index (κ2) is 8.52. The highest BCUT2D eigenvalue weighted by atomic mass is 19.4. The SMILES string of the molecule is CC(C)Oc1cccc(CNC(=O)c2nnn(-c3ccccc3F)c2C(F)(F)F)c1. The molecule has 1 N–H and O–H groups in total. The van der Waals surface area contributed by atoms with Crippen LogP contribution in [-0.4, -0.2) is 27.0 Å². The monoisotopic (exact) mass is 422 g/mol. The Morgan fingerprint density at radius 3 is 2.57 bits per heavy atom. The number of carbonyl (C=O) groups is 1. The number of hydrogen-bond donors (Lipinski definition) is 1. The molecule has 0 spiro atoms. The van der Waals surface area contributed by atoms with Gasteiger partial charge in [-0.05, 0) is 43.7 Å². The van der Waals surface area contributed by atoms with E-state index in [1.807, 2.05) is 13.8 Å². The normalized spacial score (nSPS) is 11.6. The van der Waals surface area contributed by atoms with E-state index in [1.165, 1.54) is 12.1 Å². The Hall–Kier alpha value is -3.43. The van der Waals surface area contributed by atoms with Crippen LogP contribution in [0.2, 0.25) is 0 Å². The number of halogens is 4. The van der Waals surface area contributed by atoms with E-state index in [1.54, 1.807) is 24.3 Å². The van der Waals surface area contributed by atoms with Gasteiger partial charge in [-0.15, -0.1) is 5.10 Å². The molecule has 0 bridgehead atoms. The van der Waals surface area contributed by atoms with Crippen LogP contribution in [0.1, 0.15) is 35.6 Å². The van der Waals surface area contributed by atoms with Gasteiger partial charge in [-0.25, -0.2) is 9.07 Å². The van der Waals surface area contributed by atoms with Gasteiger partial charge in [-0.2, -0.15) is 13.2 Å². The highest BCUT2D eigenvalue weighted by Crippen LogP contribution is 2.33. The quantitative estimate of drug-likeness (QED) is 0.607. The highest BCUT2D eigenvalue weighted by molar-refractivity contribution is 5.93. The van der Waals surface area contributed by atoms with Crippen LogP contribution in [0.3, 0.4) is 0 Å². The van der Waals surface area contributed by atoms with Crippen molar-refractivity contribution in [2.75, 3.05) is 0 Å². The first-order chi connectivity index (χ1) is 14.2. The smallest absolute Gasteiger partial charge is 0.435 e. The molecule has 0 saturated carbocycles. The first-order valence-corrected chi connectivity index (χ1v) is 8.98. The number of ether oxygens (including phenoxy) is 1. The van der Waals surface area contributed by atoms with E-state index in [2.05, 4.69) is 15.6 Å². The lowest BCUT2D eigenvalue weighted by atomic mass is 10.2. The van der Waals surface area contributed by atoms with Crippen molar-refractivity contribution in [3.63, 3.8) is 0 Å². The lowest BCUT2D eigenvalue weighted by Gasteiger charge is -2.12. The predicted molar refractivity (Wildman–Crippen MR) is 99.7 cm³/mol. The summed E-state index contributed by atoms with van der Waals surface area (Å²) in [5.41, 5.74) is -2.24. The molecule has 0 aliphatic rings. The van der Waals surface area contributed by atoms with Crippen molar-refractivity contribution in [3.05, 3.63) is 71.3 Å². The molecule has 0 aliphatic carbocycles. The molecule has 2 aromatic carbocycles. The van der Waals surface area contributed by atoms with E-state index in [0.717, 1.165) is 12.1 Å². The lowest BCUT2D eigenvalue weighted by Crippen LogP contribution is -2.27. The second-order valence-corrected chi connectivity index (χ2v) is 6.64. The van der Waals surface area contributed by atoms with Gasteiger partial charge < -0.3 is 10.1 Å². The molecule has 6 nitrogen and oxygen atoms in total. The Morgan fingerprint density at radius 2 is 1.90 bits per heavy atom. The Balaban J connectivity index is 1.86. The van der Waals surface area contributed by atoms with Crippen molar-refractivity contribution in [2.24, 2.45) is 0 Å². The van der Waals surface area contributed by atoms with E-state index in [4.69, 9.17) is 4.74 Å². The average molecular weight is 422 g/mol. The Morgan fingerprint density at radius 1 is 1.17 bits per heavy atom. The number of carbonyl (C=O) groups excluding carboxylic acids is 1. The molecule has 0 radical (unpaired) electrons. The molecular formula is C20H18F4N4O2. The molecule has 10 heteroatoms. The molecule has 30 heavy (non-hydrogen) atoms. The number of amides is 1. The summed E-state index contributed by atoms with van der Waals surface area (Å²) in [5, 5.41) is 9.10. The van der Waals surface area contributed by atoms with Crippen LogP contribution in [0, 0.1) is 5.82 Å². The molecule has 3 aromatic rings. The summed E-state index contributed by atoms with van der Waals surface area (Å²) >= 11 is 0. The molecule has 0 atom stereocenters. The van der Waals surface area contributed by atoms with E-state index in [-0.39, 0.29) is 17.3 Å². The van der Waals surface area contributed by atoms with E-state index in [0.29, 0.717) is 11.3 Å². The summed E-state index contributed by atoms with van der Waals surface area (Å²) in [4.78, 5) is 12.4. The van der Waals surface area contributed by atoms with E-state index >= 15 is 0 Å². The van der Waals surface area contributed by atoms with E-state index in [9.17, 15) is 22.4 Å². The third-order valence-corrected chi connectivity index (χ3v) is 3.96. The van der Waals surface area contributed by atoms with Gasteiger partial charge in [0.2, 0.25) is 0 Å². The van der Waals surface area contributed by atoms with Crippen LogP contribution in [0.25, 0.3) is 5.69 Å². The number of hydrogen-bond acceptors (Lipinski definition) is 4. The zero-order valence-corrected chi connectivity index (χ0v) is 16.1. The van der Waals surface area contributed by atoms with Crippen LogP contribution in [0.5, 0.6) is 5.75 Å². The fourth-order valence-electron chi connectivity index (χ4n) is 2.75. The molecule has 1 amide bonds. The molecular weight excluding hydrogens is 404 g/mol. The maximum Gasteiger partial charge on any atom is 0.435 e. The number of nitrogens with zero attached hydrogens (tertiary/aromatic N) is 3. The zero-order valence-electron chi connectivity index (χ0n) is 16.1. The molecule has 0 fully saturated rings. The van der Waals surface area contributed by atoms with Gasteiger partial charge in [0.05, 0.1) is 6.10 Å². The van der Waals surface area contributed by atoms with Gasteiger partial charge in [-0.1, -0.05) is 29.5 Å². The molecule has 0 aliphatic heterocycles. The highest BCUT2D eigenvalue weighted by Gasteiger charge is 2.42.